The summed E-state index contributed by atoms with van der Waals surface area (Å²) < 4.78 is 2.15. The average molecular weight is 243 g/mol. The Bertz CT molecular complexity index is 544. The van der Waals surface area contributed by atoms with Crippen LogP contribution in [0.25, 0.3) is 11.4 Å². The molecular formula is C15H21N3. The van der Waals surface area contributed by atoms with Gasteiger partial charge in [-0.1, -0.05) is 17.7 Å². The monoisotopic (exact) mass is 243 g/mol. The second-order valence-electron chi connectivity index (χ2n) is 4.94. The summed E-state index contributed by atoms with van der Waals surface area (Å²) >= 11 is 0. The second-order valence-corrected chi connectivity index (χ2v) is 4.94. The molecule has 0 aliphatic heterocycles. The topological polar surface area (TPSA) is 43.8 Å². The highest BCUT2D eigenvalue weighted by Crippen LogP contribution is 2.27. The van der Waals surface area contributed by atoms with Gasteiger partial charge in [-0.3, -0.25) is 0 Å². The zero-order chi connectivity index (χ0) is 13.3. The van der Waals surface area contributed by atoms with Crippen molar-refractivity contribution in [1.29, 1.82) is 0 Å². The summed E-state index contributed by atoms with van der Waals surface area (Å²) in [4.78, 5) is 4.56. The van der Waals surface area contributed by atoms with Gasteiger partial charge >= 0.3 is 0 Å². The number of rotatable bonds is 3. The molecule has 0 bridgehead atoms. The molecule has 0 atom stereocenters. The molecule has 18 heavy (non-hydrogen) atoms. The van der Waals surface area contributed by atoms with Crippen LogP contribution < -0.4 is 5.73 Å². The van der Waals surface area contributed by atoms with E-state index in [2.05, 4.69) is 49.5 Å². The third-order valence-corrected chi connectivity index (χ3v) is 3.39. The molecule has 1 aromatic carbocycles. The fourth-order valence-electron chi connectivity index (χ4n) is 2.59. The van der Waals surface area contributed by atoms with E-state index in [1.54, 1.807) is 0 Å². The van der Waals surface area contributed by atoms with E-state index in [1.807, 2.05) is 6.20 Å². The van der Waals surface area contributed by atoms with Crippen LogP contribution in [0, 0.1) is 20.8 Å². The van der Waals surface area contributed by atoms with Crippen molar-refractivity contribution in [1.82, 2.24) is 9.55 Å². The van der Waals surface area contributed by atoms with Crippen molar-refractivity contribution in [3.8, 4) is 11.4 Å². The lowest BCUT2D eigenvalue weighted by Gasteiger charge is -2.12. The van der Waals surface area contributed by atoms with Crippen LogP contribution in [0.3, 0.4) is 0 Å². The fraction of sp³-hybridized carbons (Fsp3) is 0.400. The maximum absolute atomic E-state index is 5.62. The predicted octanol–water partition coefficient (Wildman–Crippen LogP) is 2.51. The normalized spacial score (nSPS) is 10.9. The lowest BCUT2D eigenvalue weighted by atomic mass is 9.99. The zero-order valence-electron chi connectivity index (χ0n) is 11.6. The van der Waals surface area contributed by atoms with Gasteiger partial charge in [0.15, 0.2) is 0 Å². The number of hydrogen-bond acceptors (Lipinski definition) is 2. The van der Waals surface area contributed by atoms with Crippen molar-refractivity contribution in [2.24, 2.45) is 12.8 Å². The van der Waals surface area contributed by atoms with Crippen LogP contribution in [0.5, 0.6) is 0 Å². The van der Waals surface area contributed by atoms with Gasteiger partial charge in [0.05, 0.1) is 0 Å². The van der Waals surface area contributed by atoms with E-state index in [9.17, 15) is 0 Å². The Hall–Kier alpha value is -1.61. The van der Waals surface area contributed by atoms with Gasteiger partial charge in [-0.15, -0.1) is 0 Å². The number of nitrogens with zero attached hydrogens (tertiary/aromatic N) is 2. The van der Waals surface area contributed by atoms with Gasteiger partial charge in [-0.25, -0.2) is 4.98 Å². The number of imidazole rings is 1. The quantitative estimate of drug-likeness (QED) is 0.900. The maximum atomic E-state index is 5.62. The molecule has 0 fully saturated rings. The molecule has 0 unspecified atom stereocenters. The van der Waals surface area contributed by atoms with Crippen LogP contribution in [0.4, 0.5) is 0 Å². The number of hydrogen-bond donors (Lipinski definition) is 1. The minimum atomic E-state index is 0.658. The van der Waals surface area contributed by atoms with Crippen LogP contribution in [0.15, 0.2) is 18.3 Å². The highest BCUT2D eigenvalue weighted by atomic mass is 15.1. The molecule has 0 aliphatic rings. The molecule has 0 saturated carbocycles. The van der Waals surface area contributed by atoms with Crippen molar-refractivity contribution >= 4 is 0 Å². The first-order valence-corrected chi connectivity index (χ1v) is 6.33. The summed E-state index contributed by atoms with van der Waals surface area (Å²) in [6.07, 6.45) is 2.80. The van der Waals surface area contributed by atoms with E-state index in [0.717, 1.165) is 12.2 Å². The SMILES string of the molecule is Cc1cc(C)c(-c2ncc(CCN)n2C)c(C)c1. The smallest absolute Gasteiger partial charge is 0.140 e. The molecule has 2 N–H and O–H groups in total. The Balaban J connectivity index is 2.56. The number of benzene rings is 1. The molecule has 2 aromatic rings. The van der Waals surface area contributed by atoms with Crippen molar-refractivity contribution in [3.05, 3.63) is 40.7 Å². The molecule has 1 heterocycles. The van der Waals surface area contributed by atoms with E-state index in [1.165, 1.54) is 27.9 Å². The second kappa shape index (κ2) is 4.94. The van der Waals surface area contributed by atoms with Crippen molar-refractivity contribution in [2.45, 2.75) is 27.2 Å². The number of aryl methyl sites for hydroxylation is 3. The Morgan fingerprint density at radius 3 is 2.33 bits per heavy atom. The van der Waals surface area contributed by atoms with E-state index < -0.39 is 0 Å². The molecule has 0 amide bonds. The van der Waals surface area contributed by atoms with Gasteiger partial charge in [-0.05, 0) is 38.4 Å². The summed E-state index contributed by atoms with van der Waals surface area (Å²) in [6.45, 7) is 7.08. The van der Waals surface area contributed by atoms with Gasteiger partial charge in [0.2, 0.25) is 0 Å². The molecule has 0 aliphatic carbocycles. The third kappa shape index (κ3) is 2.18. The lowest BCUT2D eigenvalue weighted by Crippen LogP contribution is -2.07. The summed E-state index contributed by atoms with van der Waals surface area (Å²) in [7, 11) is 2.06. The average Bonchev–Trinajstić information content (AvgIpc) is 2.61. The molecule has 0 radical (unpaired) electrons. The first kappa shape index (κ1) is 12.8. The molecule has 96 valence electrons. The van der Waals surface area contributed by atoms with E-state index in [-0.39, 0.29) is 0 Å². The first-order valence-electron chi connectivity index (χ1n) is 6.33. The van der Waals surface area contributed by atoms with Gasteiger partial charge in [0.1, 0.15) is 5.82 Å². The van der Waals surface area contributed by atoms with Gasteiger partial charge in [0, 0.05) is 30.9 Å². The van der Waals surface area contributed by atoms with Gasteiger partial charge in [0.25, 0.3) is 0 Å². The molecular weight excluding hydrogens is 222 g/mol. The molecule has 3 nitrogen and oxygen atoms in total. The van der Waals surface area contributed by atoms with Crippen LogP contribution in [0.2, 0.25) is 0 Å². The highest BCUT2D eigenvalue weighted by molar-refractivity contribution is 5.66. The van der Waals surface area contributed by atoms with E-state index in [0.29, 0.717) is 6.54 Å². The minimum Gasteiger partial charge on any atom is -0.331 e. The summed E-state index contributed by atoms with van der Waals surface area (Å²) in [5.41, 5.74) is 11.9. The molecule has 0 saturated heterocycles. The van der Waals surface area contributed by atoms with Crippen molar-refractivity contribution in [2.75, 3.05) is 6.54 Å². The zero-order valence-corrected chi connectivity index (χ0v) is 11.6. The minimum absolute atomic E-state index is 0.658. The predicted molar refractivity (Wildman–Crippen MR) is 75.6 cm³/mol. The Morgan fingerprint density at radius 2 is 1.78 bits per heavy atom. The van der Waals surface area contributed by atoms with E-state index in [4.69, 9.17) is 5.73 Å². The summed E-state index contributed by atoms with van der Waals surface area (Å²) in [5, 5.41) is 0. The Morgan fingerprint density at radius 1 is 1.17 bits per heavy atom. The fourth-order valence-corrected chi connectivity index (χ4v) is 2.59. The number of aromatic nitrogens is 2. The van der Waals surface area contributed by atoms with Gasteiger partial charge in [-0.2, -0.15) is 0 Å². The van der Waals surface area contributed by atoms with Crippen LogP contribution in [0.1, 0.15) is 22.4 Å². The molecule has 3 heteroatoms. The molecule has 1 aromatic heterocycles. The van der Waals surface area contributed by atoms with Crippen molar-refractivity contribution in [3.63, 3.8) is 0 Å². The Labute approximate surface area is 109 Å². The summed E-state index contributed by atoms with van der Waals surface area (Å²) in [5.74, 6) is 1.04. The Kier molecular flexibility index (Phi) is 3.53. The van der Waals surface area contributed by atoms with Crippen LogP contribution in [-0.2, 0) is 13.5 Å². The summed E-state index contributed by atoms with van der Waals surface area (Å²) in [6, 6.07) is 4.42. The number of nitrogens with two attached hydrogens (primary N) is 1. The molecule has 2 rings (SSSR count). The maximum Gasteiger partial charge on any atom is 0.140 e. The van der Waals surface area contributed by atoms with Crippen LogP contribution in [-0.4, -0.2) is 16.1 Å². The van der Waals surface area contributed by atoms with Crippen LogP contribution >= 0.6 is 0 Å². The van der Waals surface area contributed by atoms with Gasteiger partial charge < -0.3 is 10.3 Å². The third-order valence-electron chi connectivity index (χ3n) is 3.39. The van der Waals surface area contributed by atoms with E-state index >= 15 is 0 Å². The standard InChI is InChI=1S/C15H21N3/c1-10-7-11(2)14(12(3)8-10)15-17-9-13(5-6-16)18(15)4/h7-9H,5-6,16H2,1-4H3. The first-order chi connectivity index (χ1) is 8.54. The molecule has 0 spiro atoms. The van der Waals surface area contributed by atoms with Crippen molar-refractivity contribution < 1.29 is 0 Å². The highest BCUT2D eigenvalue weighted by Gasteiger charge is 2.13. The largest absolute Gasteiger partial charge is 0.331 e. The lowest BCUT2D eigenvalue weighted by molar-refractivity contribution is 0.810.